The molecule has 2 rings (SSSR count). The summed E-state index contributed by atoms with van der Waals surface area (Å²) in [5, 5.41) is 14.8. The van der Waals surface area contributed by atoms with Crippen LogP contribution in [0.4, 0.5) is 16.2 Å². The van der Waals surface area contributed by atoms with Crippen LogP contribution in [0.1, 0.15) is 11.1 Å². The highest BCUT2D eigenvalue weighted by Crippen LogP contribution is 2.18. The van der Waals surface area contributed by atoms with Gasteiger partial charge in [-0.25, -0.2) is 4.79 Å². The van der Waals surface area contributed by atoms with E-state index in [9.17, 15) is 9.90 Å². The van der Waals surface area contributed by atoms with Crippen LogP contribution in [0, 0.1) is 13.8 Å². The molecule has 2 aromatic rings. The van der Waals surface area contributed by atoms with E-state index in [-0.39, 0.29) is 11.8 Å². The lowest BCUT2D eigenvalue weighted by molar-refractivity contribution is 0.262. The fourth-order valence-electron chi connectivity index (χ4n) is 1.74. The summed E-state index contributed by atoms with van der Waals surface area (Å²) in [6.07, 6.45) is 0. The Hall–Kier alpha value is -2.49. The Bertz CT molecular complexity index is 609. The molecule has 3 N–H and O–H groups in total. The van der Waals surface area contributed by atoms with E-state index < -0.39 is 0 Å². The van der Waals surface area contributed by atoms with Crippen molar-refractivity contribution in [2.45, 2.75) is 13.8 Å². The van der Waals surface area contributed by atoms with Crippen LogP contribution < -0.4 is 10.6 Å². The second-order valence-electron chi connectivity index (χ2n) is 4.45. The van der Waals surface area contributed by atoms with Crippen LogP contribution in [0.3, 0.4) is 0 Å². The fraction of sp³-hybridized carbons (Fsp3) is 0.133. The summed E-state index contributed by atoms with van der Waals surface area (Å²) in [6.45, 7) is 3.90. The number of phenolic OH excluding ortho intramolecular Hbond substituents is 1. The number of amides is 2. The Labute approximate surface area is 112 Å². The number of hydrogen-bond acceptors (Lipinski definition) is 2. The Kier molecular flexibility index (Phi) is 3.71. The molecule has 2 amide bonds. The first-order valence-corrected chi connectivity index (χ1v) is 5.99. The van der Waals surface area contributed by atoms with Gasteiger partial charge in [0.2, 0.25) is 0 Å². The topological polar surface area (TPSA) is 61.4 Å². The van der Waals surface area contributed by atoms with E-state index in [1.165, 1.54) is 6.07 Å². The van der Waals surface area contributed by atoms with Gasteiger partial charge in [0, 0.05) is 17.4 Å². The summed E-state index contributed by atoms with van der Waals surface area (Å²) in [6, 6.07) is 11.9. The van der Waals surface area contributed by atoms with E-state index in [0.29, 0.717) is 5.69 Å². The zero-order valence-corrected chi connectivity index (χ0v) is 10.9. The molecule has 0 radical (unpaired) electrons. The van der Waals surface area contributed by atoms with E-state index in [4.69, 9.17) is 0 Å². The van der Waals surface area contributed by atoms with Crippen LogP contribution in [-0.4, -0.2) is 11.1 Å². The van der Waals surface area contributed by atoms with Crippen LogP contribution in [0.25, 0.3) is 0 Å². The van der Waals surface area contributed by atoms with Gasteiger partial charge < -0.3 is 15.7 Å². The molecule has 0 saturated heterocycles. The van der Waals surface area contributed by atoms with Crippen LogP contribution >= 0.6 is 0 Å². The van der Waals surface area contributed by atoms with Crippen molar-refractivity contribution in [1.82, 2.24) is 0 Å². The molecule has 0 saturated carbocycles. The Morgan fingerprint density at radius 3 is 2.58 bits per heavy atom. The maximum absolute atomic E-state index is 11.9. The average Bonchev–Trinajstić information content (AvgIpc) is 2.34. The number of benzene rings is 2. The summed E-state index contributed by atoms with van der Waals surface area (Å²) in [4.78, 5) is 11.9. The van der Waals surface area contributed by atoms with Crippen molar-refractivity contribution in [2.24, 2.45) is 0 Å². The average molecular weight is 256 g/mol. The van der Waals surface area contributed by atoms with Gasteiger partial charge in [0.1, 0.15) is 5.75 Å². The molecule has 0 aliphatic heterocycles. The van der Waals surface area contributed by atoms with Crippen molar-refractivity contribution in [1.29, 1.82) is 0 Å². The predicted molar refractivity (Wildman–Crippen MR) is 76.7 cm³/mol. The fourth-order valence-corrected chi connectivity index (χ4v) is 1.74. The number of carbonyl (C=O) groups is 1. The van der Waals surface area contributed by atoms with Crippen molar-refractivity contribution in [3.8, 4) is 5.75 Å². The van der Waals surface area contributed by atoms with Gasteiger partial charge in [0.25, 0.3) is 0 Å². The summed E-state index contributed by atoms with van der Waals surface area (Å²) < 4.78 is 0. The number of anilines is 2. The number of aromatic hydroxyl groups is 1. The summed E-state index contributed by atoms with van der Waals surface area (Å²) in [5.41, 5.74) is 3.40. The lowest BCUT2D eigenvalue weighted by Crippen LogP contribution is -2.19. The lowest BCUT2D eigenvalue weighted by atomic mass is 10.1. The number of rotatable bonds is 2. The molecule has 0 bridgehead atoms. The van der Waals surface area contributed by atoms with E-state index >= 15 is 0 Å². The first kappa shape index (κ1) is 13.0. The molecule has 0 heterocycles. The maximum Gasteiger partial charge on any atom is 0.323 e. The van der Waals surface area contributed by atoms with Crippen LogP contribution in [-0.2, 0) is 0 Å². The van der Waals surface area contributed by atoms with Gasteiger partial charge in [-0.1, -0.05) is 18.2 Å². The number of hydrogen-bond donors (Lipinski definition) is 3. The first-order valence-electron chi connectivity index (χ1n) is 5.99. The largest absolute Gasteiger partial charge is 0.508 e. The number of phenols is 1. The van der Waals surface area contributed by atoms with Gasteiger partial charge in [-0.2, -0.15) is 0 Å². The number of nitrogens with one attached hydrogen (secondary N) is 2. The smallest absolute Gasteiger partial charge is 0.323 e. The third kappa shape index (κ3) is 3.48. The van der Waals surface area contributed by atoms with Crippen LogP contribution in [0.15, 0.2) is 42.5 Å². The summed E-state index contributed by atoms with van der Waals surface area (Å²) >= 11 is 0. The normalized spacial score (nSPS) is 10.0. The highest BCUT2D eigenvalue weighted by molar-refractivity contribution is 6.00. The minimum atomic E-state index is -0.334. The third-order valence-corrected chi connectivity index (χ3v) is 2.75. The molecule has 0 aliphatic rings. The van der Waals surface area contributed by atoms with Gasteiger partial charge in [0.05, 0.1) is 0 Å². The zero-order chi connectivity index (χ0) is 13.8. The Balaban J connectivity index is 2.07. The minimum Gasteiger partial charge on any atom is -0.508 e. The Morgan fingerprint density at radius 2 is 1.84 bits per heavy atom. The third-order valence-electron chi connectivity index (χ3n) is 2.75. The standard InChI is InChI=1S/C15H16N2O2/c1-10-6-7-11(2)14(8-10)17-15(19)16-12-4-3-5-13(18)9-12/h3-9,18H,1-2H3,(H2,16,17,19). The van der Waals surface area contributed by atoms with E-state index in [0.717, 1.165) is 16.8 Å². The zero-order valence-electron chi connectivity index (χ0n) is 10.9. The number of urea groups is 1. The molecule has 4 nitrogen and oxygen atoms in total. The molecule has 0 unspecified atom stereocenters. The molecule has 0 fully saturated rings. The molecule has 98 valence electrons. The van der Waals surface area contributed by atoms with Gasteiger partial charge in [-0.15, -0.1) is 0 Å². The van der Waals surface area contributed by atoms with E-state index in [1.54, 1.807) is 18.2 Å². The van der Waals surface area contributed by atoms with Gasteiger partial charge in [-0.3, -0.25) is 0 Å². The van der Waals surface area contributed by atoms with E-state index in [1.807, 2.05) is 32.0 Å². The number of carbonyl (C=O) groups excluding carboxylic acids is 1. The quantitative estimate of drug-likeness (QED) is 0.768. The first-order chi connectivity index (χ1) is 9.04. The SMILES string of the molecule is Cc1ccc(C)c(NC(=O)Nc2cccc(O)c2)c1. The maximum atomic E-state index is 11.9. The molecule has 4 heteroatoms. The van der Waals surface area contributed by atoms with Crippen molar-refractivity contribution < 1.29 is 9.90 Å². The number of aryl methyl sites for hydroxylation is 2. The predicted octanol–water partition coefficient (Wildman–Crippen LogP) is 3.65. The molecule has 2 aromatic carbocycles. The van der Waals surface area contributed by atoms with Crippen molar-refractivity contribution in [2.75, 3.05) is 10.6 Å². The van der Waals surface area contributed by atoms with Crippen LogP contribution in [0.2, 0.25) is 0 Å². The van der Waals surface area contributed by atoms with Crippen LogP contribution in [0.5, 0.6) is 5.75 Å². The molecule has 0 aromatic heterocycles. The monoisotopic (exact) mass is 256 g/mol. The molecule has 0 atom stereocenters. The lowest BCUT2D eigenvalue weighted by Gasteiger charge is -2.10. The minimum absolute atomic E-state index is 0.115. The Morgan fingerprint density at radius 1 is 1.05 bits per heavy atom. The van der Waals surface area contributed by atoms with Crippen molar-refractivity contribution >= 4 is 17.4 Å². The van der Waals surface area contributed by atoms with Crippen molar-refractivity contribution in [3.05, 3.63) is 53.6 Å². The molecular formula is C15H16N2O2. The summed E-state index contributed by atoms with van der Waals surface area (Å²) in [5.74, 6) is 0.115. The second-order valence-corrected chi connectivity index (χ2v) is 4.45. The highest BCUT2D eigenvalue weighted by Gasteiger charge is 2.05. The summed E-state index contributed by atoms with van der Waals surface area (Å²) in [7, 11) is 0. The second kappa shape index (κ2) is 5.44. The highest BCUT2D eigenvalue weighted by atomic mass is 16.3. The van der Waals surface area contributed by atoms with Crippen molar-refractivity contribution in [3.63, 3.8) is 0 Å². The molecule has 19 heavy (non-hydrogen) atoms. The molecule has 0 aliphatic carbocycles. The van der Waals surface area contributed by atoms with Gasteiger partial charge in [-0.05, 0) is 43.2 Å². The molecule has 0 spiro atoms. The van der Waals surface area contributed by atoms with E-state index in [2.05, 4.69) is 10.6 Å². The van der Waals surface area contributed by atoms with Gasteiger partial charge >= 0.3 is 6.03 Å². The molecular weight excluding hydrogens is 240 g/mol. The van der Waals surface area contributed by atoms with Gasteiger partial charge in [0.15, 0.2) is 0 Å².